The summed E-state index contributed by atoms with van der Waals surface area (Å²) < 4.78 is 60.9. The molecule has 0 radical (unpaired) electrons. The number of hydrogen-bond acceptors (Lipinski definition) is 2. The van der Waals surface area contributed by atoms with Crippen LogP contribution in [0.1, 0.15) is 8.22 Å². The monoisotopic (exact) mass is 619 g/mol. The SMILES string of the molecule is [2H]c1c(-c2ccccc2)c([2H])c2oc3c([2H])c([2H])c4c([2H])cc(N(c5ccc(-c6ccccc6)cc5)c5ccc(-c6ccccc6)cc5)cc4c3c2c1[2H]. The highest BCUT2D eigenvalue weighted by Gasteiger charge is 2.17. The molecule has 0 amide bonds. The molecule has 226 valence electrons. The smallest absolute Gasteiger partial charge is 0.136 e. The third kappa shape index (κ3) is 5.01. The Balaban J connectivity index is 1.30. The first-order chi connectivity index (χ1) is 26.3. The number of fused-ring (bicyclic) bond motifs is 5. The van der Waals surface area contributed by atoms with Gasteiger partial charge in [0.05, 0.1) is 8.22 Å². The van der Waals surface area contributed by atoms with Gasteiger partial charge in [0.2, 0.25) is 0 Å². The van der Waals surface area contributed by atoms with Gasteiger partial charge in [-0.15, -0.1) is 0 Å². The van der Waals surface area contributed by atoms with Crippen LogP contribution in [0.25, 0.3) is 66.1 Å². The number of furan rings is 1. The highest BCUT2D eigenvalue weighted by Crippen LogP contribution is 2.41. The molecule has 2 heteroatoms. The maximum Gasteiger partial charge on any atom is 0.136 e. The Labute approximate surface area is 288 Å². The van der Waals surface area contributed by atoms with Crippen LogP contribution in [-0.4, -0.2) is 0 Å². The Morgan fingerprint density at radius 3 is 1.48 bits per heavy atom. The largest absolute Gasteiger partial charge is 0.456 e. The molecule has 0 atom stereocenters. The predicted molar refractivity (Wildman–Crippen MR) is 202 cm³/mol. The van der Waals surface area contributed by atoms with Crippen molar-refractivity contribution in [3.05, 3.63) is 188 Å². The molecule has 0 unspecified atom stereocenters. The minimum atomic E-state index is -0.230. The molecule has 0 bridgehead atoms. The molecule has 0 spiro atoms. The third-order valence-corrected chi connectivity index (χ3v) is 8.74. The van der Waals surface area contributed by atoms with Gasteiger partial charge in [-0.1, -0.05) is 133 Å². The zero-order valence-electron chi connectivity index (χ0n) is 31.8. The van der Waals surface area contributed by atoms with Crippen molar-refractivity contribution in [3.63, 3.8) is 0 Å². The minimum Gasteiger partial charge on any atom is -0.456 e. The minimum absolute atomic E-state index is 0.0358. The average Bonchev–Trinajstić information content (AvgIpc) is 3.63. The number of rotatable bonds is 6. The van der Waals surface area contributed by atoms with Gasteiger partial charge in [0, 0.05) is 27.8 Å². The van der Waals surface area contributed by atoms with Gasteiger partial charge in [0.25, 0.3) is 0 Å². The van der Waals surface area contributed by atoms with Gasteiger partial charge in [-0.2, -0.15) is 0 Å². The molecule has 0 saturated carbocycles. The van der Waals surface area contributed by atoms with E-state index < -0.39 is 0 Å². The van der Waals surface area contributed by atoms with Crippen LogP contribution in [0.2, 0.25) is 0 Å². The average molecular weight is 620 g/mol. The van der Waals surface area contributed by atoms with E-state index in [1.807, 2.05) is 89.8 Å². The molecule has 0 aliphatic rings. The summed E-state index contributed by atoms with van der Waals surface area (Å²) in [4.78, 5) is 2.05. The van der Waals surface area contributed by atoms with Crippen molar-refractivity contribution in [2.75, 3.05) is 4.90 Å². The molecular weight excluding hydrogens is 583 g/mol. The summed E-state index contributed by atoms with van der Waals surface area (Å²) >= 11 is 0. The lowest BCUT2D eigenvalue weighted by atomic mass is 10.00. The molecule has 0 aliphatic heterocycles. The van der Waals surface area contributed by atoms with E-state index in [0.29, 0.717) is 22.0 Å². The molecule has 0 saturated heterocycles. The van der Waals surface area contributed by atoms with Crippen molar-refractivity contribution in [1.29, 1.82) is 0 Å². The van der Waals surface area contributed by atoms with E-state index in [1.165, 1.54) is 0 Å². The van der Waals surface area contributed by atoms with E-state index in [-0.39, 0.29) is 63.8 Å². The Morgan fingerprint density at radius 1 is 0.396 bits per heavy atom. The summed E-state index contributed by atoms with van der Waals surface area (Å²) in [5.41, 5.74) is 7.62. The molecule has 0 aliphatic carbocycles. The normalized spacial score (nSPS) is 13.1. The van der Waals surface area contributed by atoms with Crippen molar-refractivity contribution < 1.29 is 12.6 Å². The standard InChI is InChI=1S/C46H31NO/c1-4-10-32(11-5-1)35-16-23-39(24-17-35)47(40-25-18-36(19-26-40)33-12-6-2-7-13-33)41-27-20-37-22-29-44-46(43(37)31-41)42-28-21-38(30-45(42)48-44)34-14-8-3-9-15-34/h1-31H/i20D,21D,22D,28D,29D,30D. The fourth-order valence-electron chi connectivity index (χ4n) is 6.35. The van der Waals surface area contributed by atoms with Gasteiger partial charge in [-0.3, -0.25) is 0 Å². The zero-order chi connectivity index (χ0) is 37.1. The summed E-state index contributed by atoms with van der Waals surface area (Å²) in [6.45, 7) is 0. The van der Waals surface area contributed by atoms with Crippen LogP contribution in [0.15, 0.2) is 192 Å². The Morgan fingerprint density at radius 2 is 0.917 bits per heavy atom. The van der Waals surface area contributed by atoms with Crippen LogP contribution in [0.5, 0.6) is 0 Å². The van der Waals surface area contributed by atoms with Gasteiger partial charge in [-0.25, -0.2) is 0 Å². The summed E-state index contributed by atoms with van der Waals surface area (Å²) in [6.07, 6.45) is 0. The van der Waals surface area contributed by atoms with Crippen molar-refractivity contribution >= 4 is 49.8 Å². The van der Waals surface area contributed by atoms with Gasteiger partial charge in [-0.05, 0) is 98.7 Å². The first-order valence-electron chi connectivity index (χ1n) is 18.9. The highest BCUT2D eigenvalue weighted by molar-refractivity contribution is 6.19. The van der Waals surface area contributed by atoms with Crippen molar-refractivity contribution in [2.45, 2.75) is 0 Å². The maximum absolute atomic E-state index is 9.29. The van der Waals surface area contributed by atoms with Crippen LogP contribution in [0, 0.1) is 0 Å². The van der Waals surface area contributed by atoms with Crippen molar-refractivity contribution in [1.82, 2.24) is 0 Å². The van der Waals surface area contributed by atoms with Crippen LogP contribution in [0.4, 0.5) is 17.1 Å². The lowest BCUT2D eigenvalue weighted by molar-refractivity contribution is 0.669. The molecular formula is C46H31NO. The quantitative estimate of drug-likeness (QED) is 0.184. The van der Waals surface area contributed by atoms with Crippen LogP contribution >= 0.6 is 0 Å². The topological polar surface area (TPSA) is 16.4 Å². The highest BCUT2D eigenvalue weighted by atomic mass is 16.3. The summed E-state index contributed by atoms with van der Waals surface area (Å²) in [7, 11) is 0. The van der Waals surface area contributed by atoms with Crippen molar-refractivity contribution in [2.24, 2.45) is 0 Å². The third-order valence-electron chi connectivity index (χ3n) is 8.74. The molecule has 1 heterocycles. The molecule has 0 N–H and O–H groups in total. The Hall–Kier alpha value is -6.38. The van der Waals surface area contributed by atoms with Gasteiger partial charge < -0.3 is 9.32 Å². The van der Waals surface area contributed by atoms with E-state index in [0.717, 1.165) is 33.6 Å². The fourth-order valence-corrected chi connectivity index (χ4v) is 6.35. The predicted octanol–water partition coefficient (Wildman–Crippen LogP) is 13.2. The fraction of sp³-hybridized carbons (Fsp3) is 0. The van der Waals surface area contributed by atoms with E-state index in [1.54, 1.807) is 18.2 Å². The number of hydrogen-bond donors (Lipinski definition) is 0. The van der Waals surface area contributed by atoms with Gasteiger partial charge in [0.15, 0.2) is 0 Å². The summed E-state index contributed by atoms with van der Waals surface area (Å²) in [5, 5.41) is 1.25. The molecule has 9 aromatic rings. The van der Waals surface area contributed by atoms with Crippen molar-refractivity contribution in [3.8, 4) is 33.4 Å². The summed E-state index contributed by atoms with van der Waals surface area (Å²) in [5.74, 6) is 0. The second kappa shape index (κ2) is 11.8. The molecule has 0 fully saturated rings. The molecule has 9 rings (SSSR count). The van der Waals surface area contributed by atoms with Gasteiger partial charge >= 0.3 is 0 Å². The van der Waals surface area contributed by atoms with E-state index in [9.17, 15) is 2.74 Å². The zero-order valence-corrected chi connectivity index (χ0v) is 25.8. The molecule has 8 aromatic carbocycles. The maximum atomic E-state index is 9.29. The molecule has 1 aromatic heterocycles. The molecule has 2 nitrogen and oxygen atoms in total. The van der Waals surface area contributed by atoms with E-state index >= 15 is 0 Å². The van der Waals surface area contributed by atoms with Gasteiger partial charge in [0.1, 0.15) is 11.2 Å². The lowest BCUT2D eigenvalue weighted by Crippen LogP contribution is -2.09. The van der Waals surface area contributed by atoms with Crippen LogP contribution < -0.4 is 4.90 Å². The number of benzene rings is 8. The second-order valence-corrected chi connectivity index (χ2v) is 11.7. The summed E-state index contributed by atoms with van der Waals surface area (Å²) in [6, 6.07) is 48.7. The first-order valence-corrected chi connectivity index (χ1v) is 15.9. The van der Waals surface area contributed by atoms with E-state index in [4.69, 9.17) is 9.90 Å². The van der Waals surface area contributed by atoms with E-state index in [2.05, 4.69) is 48.5 Å². The second-order valence-electron chi connectivity index (χ2n) is 11.7. The number of anilines is 3. The Bertz CT molecular complexity index is 2770. The van der Waals surface area contributed by atoms with Crippen LogP contribution in [-0.2, 0) is 0 Å². The molecule has 48 heavy (non-hydrogen) atoms. The number of nitrogens with zero attached hydrogens (tertiary/aromatic N) is 1. The Kier molecular flexibility index (Phi) is 5.44. The van der Waals surface area contributed by atoms with Crippen LogP contribution in [0.3, 0.4) is 0 Å². The lowest BCUT2D eigenvalue weighted by Gasteiger charge is -2.26. The first kappa shape index (κ1) is 22.2.